The maximum absolute atomic E-state index is 11.3. The molecule has 18 heavy (non-hydrogen) atoms. The number of hydrogen-bond acceptors (Lipinski definition) is 3. The van der Waals surface area contributed by atoms with Crippen molar-refractivity contribution in [3.05, 3.63) is 29.3 Å². The summed E-state index contributed by atoms with van der Waals surface area (Å²) in [7, 11) is 0. The summed E-state index contributed by atoms with van der Waals surface area (Å²) in [5.41, 5.74) is 0.380. The van der Waals surface area contributed by atoms with Crippen molar-refractivity contribution in [3.63, 3.8) is 0 Å². The number of alkyl carbamates (subject to hydrolysis) is 1. The van der Waals surface area contributed by atoms with E-state index in [-0.39, 0.29) is 0 Å². The SMILES string of the molecule is CC(C)(C)OC(=O)NCCNc1ccccc1Cl. The smallest absolute Gasteiger partial charge is 0.407 e. The van der Waals surface area contributed by atoms with E-state index in [9.17, 15) is 4.79 Å². The van der Waals surface area contributed by atoms with Crippen LogP contribution in [0.1, 0.15) is 20.8 Å². The average molecular weight is 271 g/mol. The van der Waals surface area contributed by atoms with Gasteiger partial charge in [0.15, 0.2) is 0 Å². The number of ether oxygens (including phenoxy) is 1. The minimum atomic E-state index is -0.472. The van der Waals surface area contributed by atoms with Crippen molar-refractivity contribution in [3.8, 4) is 0 Å². The first-order valence-electron chi connectivity index (χ1n) is 5.84. The molecule has 0 radical (unpaired) electrons. The zero-order valence-electron chi connectivity index (χ0n) is 10.9. The van der Waals surface area contributed by atoms with Gasteiger partial charge in [-0.3, -0.25) is 0 Å². The van der Waals surface area contributed by atoms with Gasteiger partial charge in [-0.15, -0.1) is 0 Å². The number of para-hydroxylation sites is 1. The molecule has 0 aliphatic rings. The lowest BCUT2D eigenvalue weighted by Gasteiger charge is -2.19. The van der Waals surface area contributed by atoms with Crippen molar-refractivity contribution in [2.45, 2.75) is 26.4 Å². The van der Waals surface area contributed by atoms with E-state index in [0.717, 1.165) is 5.69 Å². The van der Waals surface area contributed by atoms with Crippen LogP contribution >= 0.6 is 11.6 Å². The number of carbonyl (C=O) groups excluding carboxylic acids is 1. The van der Waals surface area contributed by atoms with Crippen LogP contribution in [0.3, 0.4) is 0 Å². The lowest BCUT2D eigenvalue weighted by atomic mass is 10.2. The Morgan fingerprint density at radius 3 is 2.56 bits per heavy atom. The van der Waals surface area contributed by atoms with E-state index in [4.69, 9.17) is 16.3 Å². The van der Waals surface area contributed by atoms with Gasteiger partial charge in [0.2, 0.25) is 0 Å². The summed E-state index contributed by atoms with van der Waals surface area (Å²) in [5, 5.41) is 6.45. The van der Waals surface area contributed by atoms with Gasteiger partial charge in [-0.25, -0.2) is 4.79 Å². The molecule has 0 atom stereocenters. The predicted molar refractivity (Wildman–Crippen MR) is 74.2 cm³/mol. The number of carbonyl (C=O) groups is 1. The number of anilines is 1. The van der Waals surface area contributed by atoms with Crippen LogP contribution in [0.4, 0.5) is 10.5 Å². The Morgan fingerprint density at radius 1 is 1.28 bits per heavy atom. The van der Waals surface area contributed by atoms with Crippen LogP contribution in [0.2, 0.25) is 5.02 Å². The molecular weight excluding hydrogens is 252 g/mol. The maximum Gasteiger partial charge on any atom is 0.407 e. The Morgan fingerprint density at radius 2 is 1.94 bits per heavy atom. The summed E-state index contributed by atoms with van der Waals surface area (Å²) in [6.07, 6.45) is -0.413. The second-order valence-electron chi connectivity index (χ2n) is 4.84. The molecule has 0 spiro atoms. The number of nitrogens with one attached hydrogen (secondary N) is 2. The Bertz CT molecular complexity index is 402. The molecule has 1 amide bonds. The third kappa shape index (κ3) is 5.77. The first-order chi connectivity index (χ1) is 8.38. The van der Waals surface area contributed by atoms with E-state index in [1.54, 1.807) is 0 Å². The Labute approximate surface area is 113 Å². The van der Waals surface area contributed by atoms with Crippen molar-refractivity contribution in [1.29, 1.82) is 0 Å². The monoisotopic (exact) mass is 270 g/mol. The quantitative estimate of drug-likeness (QED) is 0.826. The van der Waals surface area contributed by atoms with Crippen molar-refractivity contribution >= 4 is 23.4 Å². The predicted octanol–water partition coefficient (Wildman–Crippen LogP) is 3.28. The standard InChI is InChI=1S/C13H19ClN2O2/c1-13(2,3)18-12(17)16-9-8-15-11-7-5-4-6-10(11)14/h4-7,15H,8-9H2,1-3H3,(H,16,17). The second-order valence-corrected chi connectivity index (χ2v) is 5.24. The van der Waals surface area contributed by atoms with Gasteiger partial charge in [-0.1, -0.05) is 23.7 Å². The third-order valence-electron chi connectivity index (χ3n) is 1.98. The zero-order chi connectivity index (χ0) is 13.6. The number of benzene rings is 1. The van der Waals surface area contributed by atoms with Gasteiger partial charge < -0.3 is 15.4 Å². The fourth-order valence-electron chi connectivity index (χ4n) is 1.28. The molecule has 2 N–H and O–H groups in total. The van der Waals surface area contributed by atoms with Gasteiger partial charge in [-0.2, -0.15) is 0 Å². The number of halogens is 1. The molecule has 1 aromatic carbocycles. The second kappa shape index (κ2) is 6.50. The molecule has 0 saturated carbocycles. The van der Waals surface area contributed by atoms with Crippen molar-refractivity contribution in [2.75, 3.05) is 18.4 Å². The van der Waals surface area contributed by atoms with E-state index < -0.39 is 11.7 Å². The molecule has 0 heterocycles. The average Bonchev–Trinajstić information content (AvgIpc) is 2.24. The van der Waals surface area contributed by atoms with E-state index >= 15 is 0 Å². The van der Waals surface area contributed by atoms with Gasteiger partial charge in [0, 0.05) is 13.1 Å². The van der Waals surface area contributed by atoms with Gasteiger partial charge >= 0.3 is 6.09 Å². The van der Waals surface area contributed by atoms with Gasteiger partial charge in [-0.05, 0) is 32.9 Å². The van der Waals surface area contributed by atoms with E-state index in [0.29, 0.717) is 18.1 Å². The molecule has 5 heteroatoms. The molecule has 0 fully saturated rings. The molecule has 1 aromatic rings. The molecule has 1 rings (SSSR count). The summed E-state index contributed by atoms with van der Waals surface area (Å²) >= 11 is 5.98. The van der Waals surface area contributed by atoms with Gasteiger partial charge in [0.25, 0.3) is 0 Å². The van der Waals surface area contributed by atoms with E-state index in [1.807, 2.05) is 45.0 Å². The first-order valence-corrected chi connectivity index (χ1v) is 6.21. The van der Waals surface area contributed by atoms with Crippen LogP contribution in [0, 0.1) is 0 Å². The molecule has 0 aromatic heterocycles. The summed E-state index contributed by atoms with van der Waals surface area (Å²) in [4.78, 5) is 11.3. The van der Waals surface area contributed by atoms with Crippen LogP contribution in [0.15, 0.2) is 24.3 Å². The van der Waals surface area contributed by atoms with Crippen molar-refractivity contribution in [2.24, 2.45) is 0 Å². The summed E-state index contributed by atoms with van der Waals surface area (Å²) in [5.74, 6) is 0. The highest BCUT2D eigenvalue weighted by atomic mass is 35.5. The normalized spacial score (nSPS) is 10.9. The fourth-order valence-corrected chi connectivity index (χ4v) is 1.48. The van der Waals surface area contributed by atoms with Crippen LogP contribution in [-0.2, 0) is 4.74 Å². The Hall–Kier alpha value is -1.42. The molecule has 0 aliphatic carbocycles. The molecule has 100 valence electrons. The first kappa shape index (κ1) is 14.6. The lowest BCUT2D eigenvalue weighted by molar-refractivity contribution is 0.0530. The minimum absolute atomic E-state index is 0.413. The zero-order valence-corrected chi connectivity index (χ0v) is 11.7. The highest BCUT2D eigenvalue weighted by molar-refractivity contribution is 6.33. The lowest BCUT2D eigenvalue weighted by Crippen LogP contribution is -2.35. The summed E-state index contributed by atoms with van der Waals surface area (Å²) in [6, 6.07) is 7.46. The van der Waals surface area contributed by atoms with Crippen molar-refractivity contribution < 1.29 is 9.53 Å². The largest absolute Gasteiger partial charge is 0.444 e. The van der Waals surface area contributed by atoms with Crippen molar-refractivity contribution in [1.82, 2.24) is 5.32 Å². The Kier molecular flexibility index (Phi) is 5.28. The molecular formula is C13H19ClN2O2. The fraction of sp³-hybridized carbons (Fsp3) is 0.462. The molecule has 0 aliphatic heterocycles. The van der Waals surface area contributed by atoms with Crippen LogP contribution < -0.4 is 10.6 Å². The number of amides is 1. The van der Waals surface area contributed by atoms with Crippen LogP contribution in [-0.4, -0.2) is 24.8 Å². The molecule has 0 saturated heterocycles. The number of hydrogen-bond donors (Lipinski definition) is 2. The summed E-state index contributed by atoms with van der Waals surface area (Å²) in [6.45, 7) is 6.54. The molecule has 0 bridgehead atoms. The highest BCUT2D eigenvalue weighted by Gasteiger charge is 2.15. The number of rotatable bonds is 4. The summed E-state index contributed by atoms with van der Waals surface area (Å²) < 4.78 is 5.11. The Balaban J connectivity index is 2.23. The molecule has 0 unspecified atom stereocenters. The highest BCUT2D eigenvalue weighted by Crippen LogP contribution is 2.19. The van der Waals surface area contributed by atoms with Crippen LogP contribution in [0.5, 0.6) is 0 Å². The minimum Gasteiger partial charge on any atom is -0.444 e. The van der Waals surface area contributed by atoms with E-state index in [1.165, 1.54) is 0 Å². The third-order valence-corrected chi connectivity index (χ3v) is 2.31. The van der Waals surface area contributed by atoms with Gasteiger partial charge in [0.1, 0.15) is 5.60 Å². The topological polar surface area (TPSA) is 50.4 Å². The van der Waals surface area contributed by atoms with E-state index in [2.05, 4.69) is 10.6 Å². The van der Waals surface area contributed by atoms with Crippen LogP contribution in [0.25, 0.3) is 0 Å². The molecule has 4 nitrogen and oxygen atoms in total. The van der Waals surface area contributed by atoms with Gasteiger partial charge in [0.05, 0.1) is 10.7 Å². The maximum atomic E-state index is 11.3.